The van der Waals surface area contributed by atoms with Gasteiger partial charge in [0.25, 0.3) is 0 Å². The van der Waals surface area contributed by atoms with Crippen LogP contribution in [-0.4, -0.2) is 31.8 Å². The van der Waals surface area contributed by atoms with Crippen LogP contribution in [-0.2, 0) is 10.0 Å². The van der Waals surface area contributed by atoms with E-state index in [1.165, 1.54) is 0 Å². The van der Waals surface area contributed by atoms with Gasteiger partial charge in [0, 0.05) is 13.0 Å². The number of hydrogen-bond acceptors (Lipinski definition) is 4. The predicted octanol–water partition coefficient (Wildman–Crippen LogP) is -0.158. The summed E-state index contributed by atoms with van der Waals surface area (Å²) in [5.74, 6) is 0.142. The molecular weight excluding hydrogens is 206 g/mol. The third-order valence-electron chi connectivity index (χ3n) is 1.60. The maximum Gasteiger partial charge on any atom is 0.211 e. The molecule has 0 heterocycles. The molecule has 0 saturated heterocycles. The van der Waals surface area contributed by atoms with E-state index in [0.29, 0.717) is 6.42 Å². The Morgan fingerprint density at radius 2 is 2.21 bits per heavy atom. The van der Waals surface area contributed by atoms with E-state index in [1.54, 1.807) is 0 Å². The lowest BCUT2D eigenvalue weighted by atomic mass is 10.4. The van der Waals surface area contributed by atoms with E-state index in [0.717, 1.165) is 6.42 Å². The molecule has 0 saturated carbocycles. The van der Waals surface area contributed by atoms with Crippen molar-refractivity contribution >= 4 is 15.9 Å². The highest BCUT2D eigenvalue weighted by Gasteiger charge is 2.08. The molecule has 0 aromatic carbocycles. The maximum atomic E-state index is 11.2. The zero-order valence-corrected chi connectivity index (χ0v) is 9.05. The first kappa shape index (κ1) is 13.2. The molecule has 0 aliphatic heterocycles. The van der Waals surface area contributed by atoms with E-state index < -0.39 is 10.0 Å². The molecule has 0 atom stereocenters. The largest absolute Gasteiger partial charge is 0.409 e. The van der Waals surface area contributed by atoms with Crippen molar-refractivity contribution in [1.29, 1.82) is 0 Å². The number of unbranched alkanes of at least 4 members (excludes halogenated alkanes) is 1. The summed E-state index contributed by atoms with van der Waals surface area (Å²) in [7, 11) is -3.19. The Morgan fingerprint density at radius 1 is 1.57 bits per heavy atom. The van der Waals surface area contributed by atoms with Gasteiger partial charge in [0.05, 0.1) is 5.75 Å². The zero-order chi connectivity index (χ0) is 11.0. The minimum Gasteiger partial charge on any atom is -0.409 e. The van der Waals surface area contributed by atoms with Crippen LogP contribution in [0.4, 0.5) is 0 Å². The summed E-state index contributed by atoms with van der Waals surface area (Å²) in [6, 6.07) is 0. The van der Waals surface area contributed by atoms with Gasteiger partial charge in [-0.15, -0.1) is 0 Å². The summed E-state index contributed by atoms with van der Waals surface area (Å²) in [4.78, 5) is 0. The molecule has 0 aliphatic carbocycles. The minimum absolute atomic E-state index is 0.0168. The van der Waals surface area contributed by atoms with Crippen LogP contribution >= 0.6 is 0 Å². The van der Waals surface area contributed by atoms with Crippen LogP contribution < -0.4 is 10.5 Å². The molecule has 0 rings (SSSR count). The van der Waals surface area contributed by atoms with E-state index in [4.69, 9.17) is 10.9 Å². The first-order valence-corrected chi connectivity index (χ1v) is 6.10. The van der Waals surface area contributed by atoms with Crippen LogP contribution in [0.15, 0.2) is 5.16 Å². The number of sulfonamides is 1. The third-order valence-corrected chi connectivity index (χ3v) is 3.07. The van der Waals surface area contributed by atoms with Gasteiger partial charge in [-0.2, -0.15) is 0 Å². The van der Waals surface area contributed by atoms with Crippen LogP contribution in [0.25, 0.3) is 0 Å². The number of nitrogens with one attached hydrogen (secondary N) is 1. The average Bonchev–Trinajstić information content (AvgIpc) is 2.14. The van der Waals surface area contributed by atoms with E-state index in [2.05, 4.69) is 9.88 Å². The Kier molecular flexibility index (Phi) is 6.22. The highest BCUT2D eigenvalue weighted by atomic mass is 32.2. The van der Waals surface area contributed by atoms with Crippen molar-refractivity contribution in [3.8, 4) is 0 Å². The molecule has 14 heavy (non-hydrogen) atoms. The number of hydrogen-bond donors (Lipinski definition) is 3. The second-order valence-corrected chi connectivity index (χ2v) is 4.83. The highest BCUT2D eigenvalue weighted by molar-refractivity contribution is 7.89. The monoisotopic (exact) mass is 223 g/mol. The Morgan fingerprint density at radius 3 is 2.71 bits per heavy atom. The fraction of sp³-hybridized carbons (Fsp3) is 0.857. The van der Waals surface area contributed by atoms with Crippen LogP contribution in [0.5, 0.6) is 0 Å². The lowest BCUT2D eigenvalue weighted by Gasteiger charge is -2.04. The summed E-state index contributed by atoms with van der Waals surface area (Å²) >= 11 is 0. The predicted molar refractivity (Wildman–Crippen MR) is 54.7 cm³/mol. The molecular formula is C7H17N3O3S. The Labute approximate surface area is 84.2 Å². The molecule has 0 spiro atoms. The van der Waals surface area contributed by atoms with Crippen LogP contribution in [0, 0.1) is 0 Å². The van der Waals surface area contributed by atoms with Gasteiger partial charge >= 0.3 is 0 Å². The van der Waals surface area contributed by atoms with Crippen molar-refractivity contribution < 1.29 is 13.6 Å². The van der Waals surface area contributed by atoms with E-state index >= 15 is 0 Å². The lowest BCUT2D eigenvalue weighted by molar-refractivity contribution is 0.317. The van der Waals surface area contributed by atoms with Gasteiger partial charge in [-0.1, -0.05) is 18.5 Å². The smallest absolute Gasteiger partial charge is 0.211 e. The molecule has 0 aromatic heterocycles. The SMILES string of the molecule is CCCCS(=O)(=O)NCCC(N)=NO. The summed E-state index contributed by atoms with van der Waals surface area (Å²) in [5.41, 5.74) is 5.17. The van der Waals surface area contributed by atoms with Crippen LogP contribution in [0.1, 0.15) is 26.2 Å². The van der Waals surface area contributed by atoms with E-state index in [-0.39, 0.29) is 24.6 Å². The minimum atomic E-state index is -3.19. The Hall–Kier alpha value is -0.820. The molecule has 0 fully saturated rings. The number of oxime groups is 1. The molecule has 0 amide bonds. The van der Waals surface area contributed by atoms with Gasteiger partial charge in [0.2, 0.25) is 10.0 Å². The number of rotatable bonds is 7. The van der Waals surface area contributed by atoms with Crippen molar-refractivity contribution in [3.05, 3.63) is 0 Å². The molecule has 0 unspecified atom stereocenters. The molecule has 7 heteroatoms. The van der Waals surface area contributed by atoms with Crippen molar-refractivity contribution in [2.45, 2.75) is 26.2 Å². The van der Waals surface area contributed by atoms with Gasteiger partial charge in [-0.25, -0.2) is 13.1 Å². The molecule has 6 nitrogen and oxygen atoms in total. The molecule has 0 bridgehead atoms. The summed E-state index contributed by atoms with van der Waals surface area (Å²) in [6.45, 7) is 2.09. The number of nitrogens with zero attached hydrogens (tertiary/aromatic N) is 1. The normalized spacial score (nSPS) is 13.1. The zero-order valence-electron chi connectivity index (χ0n) is 8.23. The second-order valence-electron chi connectivity index (χ2n) is 2.91. The second kappa shape index (κ2) is 6.61. The van der Waals surface area contributed by atoms with Crippen molar-refractivity contribution in [2.75, 3.05) is 12.3 Å². The average molecular weight is 223 g/mol. The topological polar surface area (TPSA) is 105 Å². The first-order valence-electron chi connectivity index (χ1n) is 4.45. The van der Waals surface area contributed by atoms with Crippen LogP contribution in [0.2, 0.25) is 0 Å². The quantitative estimate of drug-likeness (QED) is 0.241. The van der Waals surface area contributed by atoms with Crippen LogP contribution in [0.3, 0.4) is 0 Å². The molecule has 4 N–H and O–H groups in total. The number of amidine groups is 1. The Bertz CT molecular complexity index is 274. The van der Waals surface area contributed by atoms with E-state index in [9.17, 15) is 8.42 Å². The summed E-state index contributed by atoms with van der Waals surface area (Å²) in [5, 5.41) is 10.9. The van der Waals surface area contributed by atoms with Gasteiger partial charge < -0.3 is 10.9 Å². The fourth-order valence-corrected chi connectivity index (χ4v) is 2.02. The molecule has 84 valence electrons. The molecule has 0 aromatic rings. The standard InChI is InChI=1S/C7H17N3O3S/c1-2-3-6-14(12,13)9-5-4-7(8)10-11/h9,11H,2-6H2,1H3,(H2,8,10). The maximum absolute atomic E-state index is 11.2. The van der Waals surface area contributed by atoms with Crippen molar-refractivity contribution in [1.82, 2.24) is 4.72 Å². The highest BCUT2D eigenvalue weighted by Crippen LogP contribution is 1.93. The van der Waals surface area contributed by atoms with Gasteiger partial charge in [0.1, 0.15) is 5.84 Å². The van der Waals surface area contributed by atoms with Gasteiger partial charge in [-0.3, -0.25) is 0 Å². The van der Waals surface area contributed by atoms with Gasteiger partial charge in [-0.05, 0) is 6.42 Å². The van der Waals surface area contributed by atoms with Crippen molar-refractivity contribution in [2.24, 2.45) is 10.9 Å². The van der Waals surface area contributed by atoms with E-state index in [1.807, 2.05) is 6.92 Å². The van der Waals surface area contributed by atoms with Crippen molar-refractivity contribution in [3.63, 3.8) is 0 Å². The molecule has 0 aliphatic rings. The fourth-order valence-electron chi connectivity index (χ4n) is 0.791. The lowest BCUT2D eigenvalue weighted by Crippen LogP contribution is -2.30. The number of nitrogens with two attached hydrogens (primary N) is 1. The summed E-state index contributed by atoms with van der Waals surface area (Å²) < 4.78 is 24.8. The summed E-state index contributed by atoms with van der Waals surface area (Å²) in [6.07, 6.45) is 1.68. The van der Waals surface area contributed by atoms with Gasteiger partial charge in [0.15, 0.2) is 0 Å². The first-order chi connectivity index (χ1) is 6.52. The molecule has 0 radical (unpaired) electrons. The third kappa shape index (κ3) is 6.67. The Balaban J connectivity index is 3.77.